The van der Waals surface area contributed by atoms with Gasteiger partial charge in [-0.05, 0) is 35.7 Å². The molecular formula is C20H23NO4. The lowest BCUT2D eigenvalue weighted by atomic mass is 9.95. The predicted molar refractivity (Wildman–Crippen MR) is 95.1 cm³/mol. The zero-order valence-corrected chi connectivity index (χ0v) is 14.7. The smallest absolute Gasteiger partial charge is 0.265 e. The third kappa shape index (κ3) is 3.87. The SMILES string of the molecule is COc1ccc([C@H](NC(=O)[C@H]2COc3ccccc3O2)C(C)C)cc1. The van der Waals surface area contributed by atoms with Crippen LogP contribution in [0.25, 0.3) is 0 Å². The van der Waals surface area contributed by atoms with E-state index in [2.05, 4.69) is 19.2 Å². The highest BCUT2D eigenvalue weighted by molar-refractivity contribution is 5.82. The number of para-hydroxylation sites is 2. The molecule has 1 aliphatic heterocycles. The number of fused-ring (bicyclic) bond motifs is 1. The molecule has 25 heavy (non-hydrogen) atoms. The highest BCUT2D eigenvalue weighted by atomic mass is 16.6. The van der Waals surface area contributed by atoms with E-state index in [-0.39, 0.29) is 24.5 Å². The number of hydrogen-bond donors (Lipinski definition) is 1. The van der Waals surface area contributed by atoms with Crippen molar-refractivity contribution >= 4 is 5.91 Å². The van der Waals surface area contributed by atoms with Crippen LogP contribution in [0, 0.1) is 5.92 Å². The van der Waals surface area contributed by atoms with Gasteiger partial charge in [0.15, 0.2) is 11.5 Å². The Morgan fingerprint density at radius 3 is 2.44 bits per heavy atom. The summed E-state index contributed by atoms with van der Waals surface area (Å²) >= 11 is 0. The molecule has 0 fully saturated rings. The Kier molecular flexibility index (Phi) is 5.12. The second-order valence-electron chi connectivity index (χ2n) is 6.37. The van der Waals surface area contributed by atoms with E-state index in [1.54, 1.807) is 13.2 Å². The summed E-state index contributed by atoms with van der Waals surface area (Å²) in [5.74, 6) is 2.11. The van der Waals surface area contributed by atoms with Crippen LogP contribution >= 0.6 is 0 Å². The Labute approximate surface area is 147 Å². The van der Waals surface area contributed by atoms with Crippen LogP contribution in [0.5, 0.6) is 17.2 Å². The summed E-state index contributed by atoms with van der Waals surface area (Å²) < 4.78 is 16.6. The summed E-state index contributed by atoms with van der Waals surface area (Å²) in [6, 6.07) is 15.0. The van der Waals surface area contributed by atoms with Gasteiger partial charge in [0.05, 0.1) is 13.2 Å². The maximum absolute atomic E-state index is 12.7. The molecule has 5 heteroatoms. The Hall–Kier alpha value is -2.69. The van der Waals surface area contributed by atoms with Crippen molar-refractivity contribution in [1.29, 1.82) is 0 Å². The van der Waals surface area contributed by atoms with Gasteiger partial charge in [0.25, 0.3) is 5.91 Å². The van der Waals surface area contributed by atoms with Crippen LogP contribution in [0.2, 0.25) is 0 Å². The number of amides is 1. The first kappa shape index (κ1) is 17.1. The van der Waals surface area contributed by atoms with Crippen molar-refractivity contribution in [2.75, 3.05) is 13.7 Å². The second-order valence-corrected chi connectivity index (χ2v) is 6.37. The third-order valence-corrected chi connectivity index (χ3v) is 4.24. The molecule has 2 atom stereocenters. The normalized spacial score (nSPS) is 17.0. The van der Waals surface area contributed by atoms with Crippen LogP contribution in [0.4, 0.5) is 0 Å². The lowest BCUT2D eigenvalue weighted by Gasteiger charge is -2.29. The molecule has 1 N–H and O–H groups in total. The summed E-state index contributed by atoms with van der Waals surface area (Å²) in [6.07, 6.45) is -0.658. The van der Waals surface area contributed by atoms with E-state index in [4.69, 9.17) is 14.2 Å². The zero-order chi connectivity index (χ0) is 17.8. The molecule has 132 valence electrons. The van der Waals surface area contributed by atoms with Crippen LogP contribution in [0.15, 0.2) is 48.5 Å². The minimum Gasteiger partial charge on any atom is -0.497 e. The summed E-state index contributed by atoms with van der Waals surface area (Å²) in [7, 11) is 1.63. The van der Waals surface area contributed by atoms with E-state index in [0.29, 0.717) is 11.5 Å². The highest BCUT2D eigenvalue weighted by Crippen LogP contribution is 2.31. The number of carbonyl (C=O) groups excluding carboxylic acids is 1. The van der Waals surface area contributed by atoms with Gasteiger partial charge >= 0.3 is 0 Å². The molecule has 2 aromatic rings. The maximum Gasteiger partial charge on any atom is 0.265 e. The molecule has 0 spiro atoms. The zero-order valence-electron chi connectivity index (χ0n) is 14.7. The summed E-state index contributed by atoms with van der Waals surface area (Å²) in [5, 5.41) is 3.09. The van der Waals surface area contributed by atoms with Gasteiger partial charge in [-0.1, -0.05) is 38.1 Å². The van der Waals surface area contributed by atoms with Gasteiger partial charge in [0.2, 0.25) is 6.10 Å². The van der Waals surface area contributed by atoms with Gasteiger partial charge in [-0.3, -0.25) is 4.79 Å². The average Bonchev–Trinajstić information content (AvgIpc) is 2.65. The molecule has 0 aromatic heterocycles. The molecule has 1 amide bonds. The first-order valence-corrected chi connectivity index (χ1v) is 8.41. The lowest BCUT2D eigenvalue weighted by molar-refractivity contribution is -0.131. The van der Waals surface area contributed by atoms with E-state index in [1.807, 2.05) is 42.5 Å². The largest absolute Gasteiger partial charge is 0.497 e. The number of methoxy groups -OCH3 is 1. The third-order valence-electron chi connectivity index (χ3n) is 4.24. The summed E-state index contributed by atoms with van der Waals surface area (Å²) in [4.78, 5) is 12.7. The lowest BCUT2D eigenvalue weighted by Crippen LogP contribution is -2.46. The Morgan fingerprint density at radius 2 is 1.80 bits per heavy atom. The fourth-order valence-electron chi connectivity index (χ4n) is 2.84. The molecule has 0 unspecified atom stereocenters. The summed E-state index contributed by atoms with van der Waals surface area (Å²) in [6.45, 7) is 4.35. The van der Waals surface area contributed by atoms with Crippen LogP contribution in [0.1, 0.15) is 25.5 Å². The standard InChI is InChI=1S/C20H23NO4/c1-13(2)19(14-8-10-15(23-3)11-9-14)21-20(22)18-12-24-16-6-4-5-7-17(16)25-18/h4-11,13,18-19H,12H2,1-3H3,(H,21,22)/t18-,19-/m1/s1. The Morgan fingerprint density at radius 1 is 1.12 bits per heavy atom. The van der Waals surface area contributed by atoms with Crippen molar-refractivity contribution in [3.8, 4) is 17.2 Å². The van der Waals surface area contributed by atoms with E-state index >= 15 is 0 Å². The molecule has 3 rings (SSSR count). The number of nitrogens with one attached hydrogen (secondary N) is 1. The molecule has 1 aliphatic rings. The van der Waals surface area contributed by atoms with E-state index in [9.17, 15) is 4.79 Å². The first-order valence-electron chi connectivity index (χ1n) is 8.41. The van der Waals surface area contributed by atoms with Crippen LogP contribution in [0.3, 0.4) is 0 Å². The van der Waals surface area contributed by atoms with Gasteiger partial charge in [-0.2, -0.15) is 0 Å². The van der Waals surface area contributed by atoms with Gasteiger partial charge in [0, 0.05) is 0 Å². The van der Waals surface area contributed by atoms with Gasteiger partial charge in [0.1, 0.15) is 12.4 Å². The maximum atomic E-state index is 12.7. The second kappa shape index (κ2) is 7.47. The van der Waals surface area contributed by atoms with Crippen LogP contribution in [-0.4, -0.2) is 25.7 Å². The predicted octanol–water partition coefficient (Wildman–Crippen LogP) is 3.35. The van der Waals surface area contributed by atoms with Crippen LogP contribution < -0.4 is 19.5 Å². The van der Waals surface area contributed by atoms with E-state index in [1.165, 1.54) is 0 Å². The highest BCUT2D eigenvalue weighted by Gasteiger charge is 2.30. The van der Waals surface area contributed by atoms with Crippen molar-refractivity contribution in [3.05, 3.63) is 54.1 Å². The van der Waals surface area contributed by atoms with Crippen molar-refractivity contribution in [2.24, 2.45) is 5.92 Å². The average molecular weight is 341 g/mol. The van der Waals surface area contributed by atoms with E-state index < -0.39 is 6.10 Å². The minimum atomic E-state index is -0.658. The molecule has 0 bridgehead atoms. The molecule has 0 aliphatic carbocycles. The van der Waals surface area contributed by atoms with Gasteiger partial charge in [-0.15, -0.1) is 0 Å². The quantitative estimate of drug-likeness (QED) is 0.906. The molecule has 0 radical (unpaired) electrons. The van der Waals surface area contributed by atoms with Crippen molar-refractivity contribution in [2.45, 2.75) is 26.0 Å². The molecule has 1 heterocycles. The van der Waals surface area contributed by atoms with Crippen LogP contribution in [-0.2, 0) is 4.79 Å². The fraction of sp³-hybridized carbons (Fsp3) is 0.350. The van der Waals surface area contributed by atoms with Crippen molar-refractivity contribution < 1.29 is 19.0 Å². The number of rotatable bonds is 5. The van der Waals surface area contributed by atoms with Gasteiger partial charge < -0.3 is 19.5 Å². The van der Waals surface area contributed by atoms with Crippen molar-refractivity contribution in [3.63, 3.8) is 0 Å². The fourth-order valence-corrected chi connectivity index (χ4v) is 2.84. The molecule has 2 aromatic carbocycles. The molecule has 0 saturated carbocycles. The topological polar surface area (TPSA) is 56.8 Å². The number of ether oxygens (including phenoxy) is 3. The molecule has 0 saturated heterocycles. The molecular weight excluding hydrogens is 318 g/mol. The number of benzene rings is 2. The summed E-state index contributed by atoms with van der Waals surface area (Å²) in [5.41, 5.74) is 1.03. The Bertz CT molecular complexity index is 727. The van der Waals surface area contributed by atoms with E-state index in [0.717, 1.165) is 11.3 Å². The van der Waals surface area contributed by atoms with Crippen molar-refractivity contribution in [1.82, 2.24) is 5.32 Å². The Balaban J connectivity index is 1.71. The number of carbonyl (C=O) groups is 1. The monoisotopic (exact) mass is 341 g/mol. The van der Waals surface area contributed by atoms with Gasteiger partial charge in [-0.25, -0.2) is 0 Å². The molecule has 5 nitrogen and oxygen atoms in total. The number of hydrogen-bond acceptors (Lipinski definition) is 4. The first-order chi connectivity index (χ1) is 12.1. The minimum absolute atomic E-state index is 0.112.